The topological polar surface area (TPSA) is 79.2 Å². The van der Waals surface area contributed by atoms with Crippen molar-refractivity contribution in [1.29, 1.82) is 5.26 Å². The number of anilines is 1. The van der Waals surface area contributed by atoms with E-state index < -0.39 is 11.9 Å². The van der Waals surface area contributed by atoms with E-state index in [1.54, 1.807) is 24.3 Å². The van der Waals surface area contributed by atoms with Gasteiger partial charge in [0.15, 0.2) is 6.61 Å². The Labute approximate surface area is 151 Å². The quantitative estimate of drug-likeness (QED) is 0.499. The van der Waals surface area contributed by atoms with Gasteiger partial charge in [0.05, 0.1) is 5.56 Å². The van der Waals surface area contributed by atoms with E-state index in [-0.39, 0.29) is 6.61 Å². The number of aryl methyl sites for hydroxylation is 2. The van der Waals surface area contributed by atoms with Gasteiger partial charge in [-0.2, -0.15) is 5.26 Å². The fourth-order valence-electron chi connectivity index (χ4n) is 2.26. The predicted octanol–water partition coefficient (Wildman–Crippen LogP) is 3.98. The van der Waals surface area contributed by atoms with Crippen LogP contribution in [0, 0.1) is 31.4 Å². The lowest BCUT2D eigenvalue weighted by atomic mass is 10.0. The molecule has 0 radical (unpaired) electrons. The van der Waals surface area contributed by atoms with E-state index in [0.717, 1.165) is 33.3 Å². The van der Waals surface area contributed by atoms with E-state index >= 15 is 0 Å². The van der Waals surface area contributed by atoms with E-state index in [9.17, 15) is 9.59 Å². The van der Waals surface area contributed by atoms with Crippen molar-refractivity contribution in [3.8, 4) is 5.40 Å². The summed E-state index contributed by atoms with van der Waals surface area (Å²) in [5, 5.41) is 13.4. The molecule has 6 heteroatoms. The zero-order valence-corrected chi connectivity index (χ0v) is 15.1. The largest absolute Gasteiger partial charge is 0.452 e. The molecular weight excluding hydrogens is 336 g/mol. The Kier molecular flexibility index (Phi) is 6.20. The van der Waals surface area contributed by atoms with Crippen molar-refractivity contribution in [3.63, 3.8) is 0 Å². The minimum absolute atomic E-state index is 0.361. The number of ether oxygens (including phenoxy) is 1. The van der Waals surface area contributed by atoms with Crippen molar-refractivity contribution >= 4 is 29.3 Å². The third-order valence-corrected chi connectivity index (χ3v) is 4.38. The average molecular weight is 354 g/mol. The Balaban J connectivity index is 1.96. The number of nitrogens with one attached hydrogen (secondary N) is 1. The van der Waals surface area contributed by atoms with Crippen molar-refractivity contribution in [2.75, 3.05) is 11.9 Å². The fraction of sp³-hybridized carbons (Fsp3) is 0.211. The summed E-state index contributed by atoms with van der Waals surface area (Å²) in [6.07, 6.45) is 0. The molecule has 1 N–H and O–H groups in total. The van der Waals surface area contributed by atoms with Crippen molar-refractivity contribution in [1.82, 2.24) is 0 Å². The number of amides is 1. The molecule has 0 fully saturated rings. The summed E-state index contributed by atoms with van der Waals surface area (Å²) in [6.45, 7) is 5.23. The zero-order valence-electron chi connectivity index (χ0n) is 14.3. The SMILES string of the molecule is Cc1cc(SC#N)ccc1NC(=O)COC(=O)c1cccc(C)c1C. The van der Waals surface area contributed by atoms with Crippen LogP contribution in [0.15, 0.2) is 41.3 Å². The van der Waals surface area contributed by atoms with Crippen molar-refractivity contribution in [2.24, 2.45) is 0 Å². The van der Waals surface area contributed by atoms with Crippen LogP contribution in [0.3, 0.4) is 0 Å². The Bertz CT molecular complexity index is 856. The van der Waals surface area contributed by atoms with Crippen LogP contribution in [0.5, 0.6) is 0 Å². The third kappa shape index (κ3) is 4.85. The molecule has 0 spiro atoms. The molecule has 2 aromatic rings. The maximum absolute atomic E-state index is 12.1. The van der Waals surface area contributed by atoms with Crippen LogP contribution in [0.4, 0.5) is 5.69 Å². The molecule has 0 saturated heterocycles. The number of thioether (sulfide) groups is 1. The lowest BCUT2D eigenvalue weighted by Gasteiger charge is -2.11. The molecule has 1 amide bonds. The average Bonchev–Trinajstić information content (AvgIpc) is 2.58. The first-order chi connectivity index (χ1) is 11.9. The van der Waals surface area contributed by atoms with Crippen LogP contribution < -0.4 is 5.32 Å². The van der Waals surface area contributed by atoms with E-state index in [2.05, 4.69) is 5.32 Å². The third-order valence-electron chi connectivity index (χ3n) is 3.79. The summed E-state index contributed by atoms with van der Waals surface area (Å²) >= 11 is 1.05. The van der Waals surface area contributed by atoms with E-state index in [1.165, 1.54) is 0 Å². The Morgan fingerprint density at radius 3 is 2.60 bits per heavy atom. The Morgan fingerprint density at radius 2 is 1.92 bits per heavy atom. The number of benzene rings is 2. The van der Waals surface area contributed by atoms with Crippen LogP contribution in [-0.2, 0) is 9.53 Å². The summed E-state index contributed by atoms with van der Waals surface area (Å²) in [7, 11) is 0. The second-order valence-electron chi connectivity index (χ2n) is 5.54. The number of esters is 1. The number of hydrogen-bond donors (Lipinski definition) is 1. The highest BCUT2D eigenvalue weighted by molar-refractivity contribution is 8.03. The Hall–Kier alpha value is -2.78. The fourth-order valence-corrected chi connectivity index (χ4v) is 2.74. The van der Waals surface area contributed by atoms with Gasteiger partial charge >= 0.3 is 5.97 Å². The van der Waals surface area contributed by atoms with E-state index in [1.807, 2.05) is 38.3 Å². The molecule has 0 unspecified atom stereocenters. The number of thiocyanates is 1. The lowest BCUT2D eigenvalue weighted by molar-refractivity contribution is -0.119. The van der Waals surface area contributed by atoms with Crippen LogP contribution in [0.25, 0.3) is 0 Å². The molecule has 0 aromatic heterocycles. The second-order valence-corrected chi connectivity index (χ2v) is 6.40. The number of nitrogens with zero attached hydrogens (tertiary/aromatic N) is 1. The number of carbonyl (C=O) groups excluding carboxylic acids is 2. The predicted molar refractivity (Wildman–Crippen MR) is 97.5 cm³/mol. The van der Waals surface area contributed by atoms with Gasteiger partial charge in [-0.25, -0.2) is 4.79 Å². The standard InChI is InChI=1S/C19H18N2O3S/c1-12-5-4-6-16(14(12)3)19(23)24-10-18(22)21-17-8-7-15(25-11-20)9-13(17)2/h4-9H,10H2,1-3H3,(H,21,22). The normalized spacial score (nSPS) is 10.0. The summed E-state index contributed by atoms with van der Waals surface area (Å²) in [5.41, 5.74) is 3.74. The second kappa shape index (κ2) is 8.36. The number of hydrogen-bond acceptors (Lipinski definition) is 5. The summed E-state index contributed by atoms with van der Waals surface area (Å²) in [5.74, 6) is -0.934. The first-order valence-corrected chi connectivity index (χ1v) is 8.44. The molecule has 2 rings (SSSR count). The summed E-state index contributed by atoms with van der Waals surface area (Å²) < 4.78 is 5.10. The van der Waals surface area contributed by atoms with Crippen LogP contribution >= 0.6 is 11.8 Å². The monoisotopic (exact) mass is 354 g/mol. The highest BCUT2D eigenvalue weighted by atomic mass is 32.2. The molecule has 0 bridgehead atoms. The molecule has 128 valence electrons. The van der Waals surface area contributed by atoms with Crippen LogP contribution in [0.2, 0.25) is 0 Å². The van der Waals surface area contributed by atoms with Crippen molar-refractivity contribution in [3.05, 3.63) is 58.7 Å². The van der Waals surface area contributed by atoms with Crippen molar-refractivity contribution in [2.45, 2.75) is 25.7 Å². The highest BCUT2D eigenvalue weighted by Gasteiger charge is 2.14. The molecule has 25 heavy (non-hydrogen) atoms. The molecular formula is C19H18N2O3S. The molecule has 0 aliphatic heterocycles. The van der Waals surface area contributed by atoms with Gasteiger partial charge in [-0.3, -0.25) is 4.79 Å². The van der Waals surface area contributed by atoms with Gasteiger partial charge in [0.25, 0.3) is 5.91 Å². The van der Waals surface area contributed by atoms with Gasteiger partial charge in [0.1, 0.15) is 5.40 Å². The maximum atomic E-state index is 12.1. The van der Waals surface area contributed by atoms with E-state index in [4.69, 9.17) is 10.00 Å². The number of nitriles is 1. The van der Waals surface area contributed by atoms with Gasteiger partial charge in [-0.15, -0.1) is 0 Å². The molecule has 0 atom stereocenters. The molecule has 0 aliphatic rings. The minimum atomic E-state index is -0.520. The zero-order chi connectivity index (χ0) is 18.4. The first-order valence-electron chi connectivity index (χ1n) is 7.62. The molecule has 2 aromatic carbocycles. The maximum Gasteiger partial charge on any atom is 0.338 e. The van der Waals surface area contributed by atoms with Gasteiger partial charge in [-0.1, -0.05) is 12.1 Å². The molecule has 0 aliphatic carbocycles. The minimum Gasteiger partial charge on any atom is -0.452 e. The molecule has 0 saturated carbocycles. The lowest BCUT2D eigenvalue weighted by Crippen LogP contribution is -2.21. The number of rotatable bonds is 5. The molecule has 0 heterocycles. The number of carbonyl (C=O) groups is 2. The van der Waals surface area contributed by atoms with E-state index in [0.29, 0.717) is 11.3 Å². The van der Waals surface area contributed by atoms with Gasteiger partial charge in [-0.05, 0) is 73.5 Å². The van der Waals surface area contributed by atoms with Gasteiger partial charge < -0.3 is 10.1 Å². The summed E-state index contributed by atoms with van der Waals surface area (Å²) in [6, 6.07) is 10.7. The summed E-state index contributed by atoms with van der Waals surface area (Å²) in [4.78, 5) is 24.9. The van der Waals surface area contributed by atoms with Gasteiger partial charge in [0, 0.05) is 10.6 Å². The van der Waals surface area contributed by atoms with Crippen molar-refractivity contribution < 1.29 is 14.3 Å². The Morgan fingerprint density at radius 1 is 1.16 bits per heavy atom. The molecule has 5 nitrogen and oxygen atoms in total. The first kappa shape index (κ1) is 18.6. The smallest absolute Gasteiger partial charge is 0.338 e. The van der Waals surface area contributed by atoms with Crippen LogP contribution in [-0.4, -0.2) is 18.5 Å². The highest BCUT2D eigenvalue weighted by Crippen LogP contribution is 2.23. The van der Waals surface area contributed by atoms with Gasteiger partial charge in [0.2, 0.25) is 0 Å². The van der Waals surface area contributed by atoms with Crippen LogP contribution in [0.1, 0.15) is 27.0 Å².